The second-order valence-corrected chi connectivity index (χ2v) is 3.17. The summed E-state index contributed by atoms with van der Waals surface area (Å²) in [5.74, 6) is 0. The van der Waals surface area contributed by atoms with E-state index in [1.807, 2.05) is 12.4 Å². The van der Waals surface area contributed by atoms with E-state index >= 15 is 0 Å². The summed E-state index contributed by atoms with van der Waals surface area (Å²) in [6.07, 6.45) is 7.39. The van der Waals surface area contributed by atoms with Crippen molar-refractivity contribution in [1.82, 2.24) is 20.2 Å². The van der Waals surface area contributed by atoms with Gasteiger partial charge in [0.1, 0.15) is 6.33 Å². The molecule has 0 aromatic carbocycles. The number of nitrogens with one attached hydrogen (secondary N) is 1. The van der Waals surface area contributed by atoms with Gasteiger partial charge in [0.2, 0.25) is 0 Å². The van der Waals surface area contributed by atoms with Crippen LogP contribution in [0.15, 0.2) is 18.7 Å². The van der Waals surface area contributed by atoms with Gasteiger partial charge in [0.25, 0.3) is 0 Å². The van der Waals surface area contributed by atoms with Crippen molar-refractivity contribution < 1.29 is 0 Å². The lowest BCUT2D eigenvalue weighted by atomic mass is 9.96. The standard InChI is InChI=1S/C9H8N4/c1-2-7-4-12-13-9(7)8-6(1)3-10-5-11-8/h3-5H,1-2H2,(H,12,13). The predicted molar refractivity (Wildman–Crippen MR) is 47.0 cm³/mol. The van der Waals surface area contributed by atoms with E-state index in [2.05, 4.69) is 20.2 Å². The van der Waals surface area contributed by atoms with Crippen molar-refractivity contribution in [3.05, 3.63) is 29.8 Å². The first-order valence-corrected chi connectivity index (χ1v) is 4.26. The van der Waals surface area contributed by atoms with Crippen molar-refractivity contribution in [1.29, 1.82) is 0 Å². The quantitative estimate of drug-likeness (QED) is 0.644. The van der Waals surface area contributed by atoms with Crippen LogP contribution in [-0.4, -0.2) is 20.2 Å². The smallest absolute Gasteiger partial charge is 0.116 e. The number of aromatic nitrogens is 4. The van der Waals surface area contributed by atoms with E-state index in [0.717, 1.165) is 24.2 Å². The van der Waals surface area contributed by atoms with Gasteiger partial charge in [-0.05, 0) is 24.0 Å². The lowest BCUT2D eigenvalue weighted by Gasteiger charge is -2.12. The molecule has 0 atom stereocenters. The summed E-state index contributed by atoms with van der Waals surface area (Å²) >= 11 is 0. The van der Waals surface area contributed by atoms with Crippen molar-refractivity contribution in [3.8, 4) is 11.4 Å². The predicted octanol–water partition coefficient (Wildman–Crippen LogP) is 0.965. The minimum Gasteiger partial charge on any atom is -0.276 e. The number of fused-ring (bicyclic) bond motifs is 3. The Morgan fingerprint density at radius 3 is 3.08 bits per heavy atom. The van der Waals surface area contributed by atoms with Crippen LogP contribution in [0.5, 0.6) is 0 Å². The van der Waals surface area contributed by atoms with Gasteiger partial charge >= 0.3 is 0 Å². The number of nitrogens with zero attached hydrogens (tertiary/aromatic N) is 3. The molecule has 0 saturated carbocycles. The summed E-state index contributed by atoms with van der Waals surface area (Å²) in [5, 5.41) is 6.99. The van der Waals surface area contributed by atoms with E-state index < -0.39 is 0 Å². The molecule has 0 radical (unpaired) electrons. The third-order valence-electron chi connectivity index (χ3n) is 2.41. The number of rotatable bonds is 0. The van der Waals surface area contributed by atoms with E-state index in [4.69, 9.17) is 0 Å². The maximum Gasteiger partial charge on any atom is 0.116 e. The van der Waals surface area contributed by atoms with Gasteiger partial charge in [-0.3, -0.25) is 5.10 Å². The van der Waals surface area contributed by atoms with E-state index in [-0.39, 0.29) is 0 Å². The third kappa shape index (κ3) is 0.884. The summed E-state index contributed by atoms with van der Waals surface area (Å²) in [7, 11) is 0. The topological polar surface area (TPSA) is 54.5 Å². The summed E-state index contributed by atoms with van der Waals surface area (Å²) in [5.41, 5.74) is 4.53. The maximum absolute atomic E-state index is 4.25. The molecule has 1 aliphatic rings. The van der Waals surface area contributed by atoms with Crippen molar-refractivity contribution in [2.45, 2.75) is 12.8 Å². The molecule has 2 aromatic rings. The minimum atomic E-state index is 1.01. The zero-order valence-corrected chi connectivity index (χ0v) is 6.99. The third-order valence-corrected chi connectivity index (χ3v) is 2.41. The Morgan fingerprint density at radius 2 is 2.08 bits per heavy atom. The van der Waals surface area contributed by atoms with Gasteiger partial charge in [-0.15, -0.1) is 0 Å². The van der Waals surface area contributed by atoms with Crippen molar-refractivity contribution in [2.24, 2.45) is 0 Å². The Hall–Kier alpha value is -1.71. The van der Waals surface area contributed by atoms with Crippen LogP contribution in [-0.2, 0) is 12.8 Å². The average Bonchev–Trinajstić information content (AvgIpc) is 2.65. The Labute approximate surface area is 75.0 Å². The Balaban J connectivity index is 2.30. The first kappa shape index (κ1) is 6.77. The molecule has 0 unspecified atom stereocenters. The van der Waals surface area contributed by atoms with Crippen LogP contribution in [0.3, 0.4) is 0 Å². The van der Waals surface area contributed by atoms with Gasteiger partial charge in [0.05, 0.1) is 17.6 Å². The van der Waals surface area contributed by atoms with Crippen LogP contribution in [0.25, 0.3) is 11.4 Å². The van der Waals surface area contributed by atoms with E-state index in [0.29, 0.717) is 0 Å². The van der Waals surface area contributed by atoms with E-state index in [9.17, 15) is 0 Å². The molecular weight excluding hydrogens is 164 g/mol. The largest absolute Gasteiger partial charge is 0.276 e. The summed E-state index contributed by atoms with van der Waals surface area (Å²) in [6, 6.07) is 0. The molecule has 2 aromatic heterocycles. The van der Waals surface area contributed by atoms with Gasteiger partial charge < -0.3 is 0 Å². The lowest BCUT2D eigenvalue weighted by molar-refractivity contribution is 0.908. The maximum atomic E-state index is 4.25. The highest BCUT2D eigenvalue weighted by Gasteiger charge is 2.18. The molecule has 4 heteroatoms. The molecule has 0 spiro atoms. The number of aromatic amines is 1. The molecule has 4 nitrogen and oxygen atoms in total. The van der Waals surface area contributed by atoms with Crippen LogP contribution in [0.1, 0.15) is 11.1 Å². The normalized spacial score (nSPS) is 13.5. The van der Waals surface area contributed by atoms with Gasteiger partial charge in [-0.2, -0.15) is 5.10 Å². The number of hydrogen-bond acceptors (Lipinski definition) is 3. The van der Waals surface area contributed by atoms with E-state index in [1.165, 1.54) is 11.1 Å². The summed E-state index contributed by atoms with van der Waals surface area (Å²) in [4.78, 5) is 8.26. The molecule has 0 amide bonds. The van der Waals surface area contributed by atoms with Crippen LogP contribution < -0.4 is 0 Å². The Kier molecular flexibility index (Phi) is 1.24. The number of H-pyrrole nitrogens is 1. The molecular formula is C9H8N4. The fourth-order valence-corrected chi connectivity index (χ4v) is 1.74. The van der Waals surface area contributed by atoms with Gasteiger partial charge in [-0.1, -0.05) is 0 Å². The summed E-state index contributed by atoms with van der Waals surface area (Å²) < 4.78 is 0. The number of hydrogen-bond donors (Lipinski definition) is 1. The molecule has 1 aliphatic carbocycles. The van der Waals surface area contributed by atoms with Crippen molar-refractivity contribution in [2.75, 3.05) is 0 Å². The highest BCUT2D eigenvalue weighted by molar-refractivity contribution is 5.64. The molecule has 0 bridgehead atoms. The van der Waals surface area contributed by atoms with Gasteiger partial charge in [-0.25, -0.2) is 9.97 Å². The van der Waals surface area contributed by atoms with Crippen LogP contribution >= 0.6 is 0 Å². The molecule has 0 fully saturated rings. The molecule has 2 heterocycles. The zero-order chi connectivity index (χ0) is 8.67. The molecule has 13 heavy (non-hydrogen) atoms. The molecule has 1 N–H and O–H groups in total. The monoisotopic (exact) mass is 172 g/mol. The minimum absolute atomic E-state index is 1.01. The number of aryl methyl sites for hydroxylation is 2. The molecule has 0 aliphatic heterocycles. The second-order valence-electron chi connectivity index (χ2n) is 3.17. The summed E-state index contributed by atoms with van der Waals surface area (Å²) in [6.45, 7) is 0. The van der Waals surface area contributed by atoms with Crippen molar-refractivity contribution >= 4 is 0 Å². The first-order valence-electron chi connectivity index (χ1n) is 4.26. The average molecular weight is 172 g/mol. The lowest BCUT2D eigenvalue weighted by Crippen LogP contribution is -2.04. The fraction of sp³-hybridized carbons (Fsp3) is 0.222. The van der Waals surface area contributed by atoms with Crippen LogP contribution in [0, 0.1) is 0 Å². The van der Waals surface area contributed by atoms with E-state index in [1.54, 1.807) is 6.33 Å². The van der Waals surface area contributed by atoms with Gasteiger partial charge in [0.15, 0.2) is 0 Å². The zero-order valence-electron chi connectivity index (χ0n) is 6.99. The second kappa shape index (κ2) is 2.39. The van der Waals surface area contributed by atoms with Crippen molar-refractivity contribution in [3.63, 3.8) is 0 Å². The Bertz CT molecular complexity index is 446. The van der Waals surface area contributed by atoms with Gasteiger partial charge in [0, 0.05) is 6.20 Å². The SMILES string of the molecule is c1ncc2c(n1)-c1[nH]ncc1CC2. The van der Waals surface area contributed by atoms with Crippen LogP contribution in [0.4, 0.5) is 0 Å². The van der Waals surface area contributed by atoms with Crippen LogP contribution in [0.2, 0.25) is 0 Å². The molecule has 3 rings (SSSR count). The molecule has 0 saturated heterocycles. The molecule has 64 valence electrons. The fourth-order valence-electron chi connectivity index (χ4n) is 1.74. The Morgan fingerprint density at radius 1 is 1.15 bits per heavy atom. The first-order chi connectivity index (χ1) is 6.45. The highest BCUT2D eigenvalue weighted by atomic mass is 15.1. The highest BCUT2D eigenvalue weighted by Crippen LogP contribution is 2.28.